The van der Waals surface area contributed by atoms with Crippen LogP contribution >= 0.6 is 27.3 Å². The molecule has 1 atom stereocenters. The molecule has 2 rings (SSSR count). The van der Waals surface area contributed by atoms with Crippen molar-refractivity contribution >= 4 is 33.2 Å². The Bertz CT molecular complexity index is 551. The van der Waals surface area contributed by atoms with Crippen LogP contribution in [0.15, 0.2) is 39.5 Å². The second kappa shape index (κ2) is 6.30. The lowest BCUT2D eigenvalue weighted by Gasteiger charge is -2.14. The lowest BCUT2D eigenvalue weighted by molar-refractivity contribution is 0.0935. The topological polar surface area (TPSA) is 29.1 Å². The van der Waals surface area contributed by atoms with E-state index in [4.69, 9.17) is 0 Å². The molecule has 1 aromatic carbocycles. The van der Waals surface area contributed by atoms with Crippen LogP contribution in [-0.4, -0.2) is 11.9 Å². The molecule has 0 bridgehead atoms. The molecule has 19 heavy (non-hydrogen) atoms. The second-order valence-corrected chi connectivity index (χ2v) is 5.94. The first-order chi connectivity index (χ1) is 9.08. The molecule has 1 unspecified atom stereocenters. The number of carbonyl (C=O) groups excluding carboxylic acids is 1. The van der Waals surface area contributed by atoms with Gasteiger partial charge in [0.2, 0.25) is 0 Å². The van der Waals surface area contributed by atoms with Gasteiger partial charge in [-0.2, -0.15) is 11.3 Å². The Hall–Kier alpha value is -1.20. The summed E-state index contributed by atoms with van der Waals surface area (Å²) in [6.45, 7) is 1.91. The van der Waals surface area contributed by atoms with E-state index in [1.54, 1.807) is 23.5 Å². The SMILES string of the molecule is CC(Cc1ccsc1)NC(=O)c1c(F)cccc1Br. The molecule has 2 aromatic rings. The molecule has 2 nitrogen and oxygen atoms in total. The predicted molar refractivity (Wildman–Crippen MR) is 79.1 cm³/mol. The summed E-state index contributed by atoms with van der Waals surface area (Å²) < 4.78 is 14.1. The molecule has 0 aliphatic carbocycles. The highest BCUT2D eigenvalue weighted by Crippen LogP contribution is 2.19. The van der Waals surface area contributed by atoms with Crippen LogP contribution in [0.5, 0.6) is 0 Å². The minimum absolute atomic E-state index is 0.0476. The van der Waals surface area contributed by atoms with Crippen LogP contribution in [0.1, 0.15) is 22.8 Å². The molecular weight excluding hydrogens is 329 g/mol. The predicted octanol–water partition coefficient (Wildman–Crippen LogP) is 4.01. The van der Waals surface area contributed by atoms with Crippen molar-refractivity contribution in [2.45, 2.75) is 19.4 Å². The number of thiophene rings is 1. The third-order valence-electron chi connectivity index (χ3n) is 2.69. The maximum atomic E-state index is 13.6. The van der Waals surface area contributed by atoms with Gasteiger partial charge in [0.25, 0.3) is 5.91 Å². The number of hydrogen-bond donors (Lipinski definition) is 1. The molecule has 100 valence electrons. The van der Waals surface area contributed by atoms with Gasteiger partial charge in [-0.3, -0.25) is 4.79 Å². The zero-order valence-electron chi connectivity index (χ0n) is 10.3. The smallest absolute Gasteiger partial charge is 0.255 e. The van der Waals surface area contributed by atoms with Crippen molar-refractivity contribution in [3.05, 3.63) is 56.4 Å². The molecule has 0 aliphatic rings. The number of amides is 1. The summed E-state index contributed by atoms with van der Waals surface area (Å²) in [6, 6.07) is 6.47. The molecule has 1 aromatic heterocycles. The van der Waals surface area contributed by atoms with Crippen LogP contribution in [0.4, 0.5) is 4.39 Å². The normalized spacial score (nSPS) is 12.2. The van der Waals surface area contributed by atoms with Gasteiger partial charge in [0, 0.05) is 10.5 Å². The lowest BCUT2D eigenvalue weighted by Crippen LogP contribution is -2.34. The van der Waals surface area contributed by atoms with E-state index < -0.39 is 11.7 Å². The first-order valence-corrected chi connectivity index (χ1v) is 7.57. The van der Waals surface area contributed by atoms with Gasteiger partial charge in [-0.05, 0) is 63.8 Å². The second-order valence-electron chi connectivity index (χ2n) is 4.31. The lowest BCUT2D eigenvalue weighted by atomic mass is 10.1. The van der Waals surface area contributed by atoms with Gasteiger partial charge in [-0.1, -0.05) is 6.07 Å². The van der Waals surface area contributed by atoms with Crippen LogP contribution in [0, 0.1) is 5.82 Å². The molecule has 1 amide bonds. The average molecular weight is 342 g/mol. The van der Waals surface area contributed by atoms with E-state index >= 15 is 0 Å². The van der Waals surface area contributed by atoms with Gasteiger partial charge in [0.1, 0.15) is 5.82 Å². The van der Waals surface area contributed by atoms with Crippen LogP contribution < -0.4 is 5.32 Å². The Morgan fingerprint density at radius 2 is 2.26 bits per heavy atom. The van der Waals surface area contributed by atoms with Gasteiger partial charge in [-0.15, -0.1) is 0 Å². The van der Waals surface area contributed by atoms with E-state index in [1.807, 2.05) is 23.8 Å². The summed E-state index contributed by atoms with van der Waals surface area (Å²) >= 11 is 4.82. The van der Waals surface area contributed by atoms with Crippen molar-refractivity contribution in [3.63, 3.8) is 0 Å². The number of carbonyl (C=O) groups is 1. The summed E-state index contributed by atoms with van der Waals surface area (Å²) in [5.74, 6) is -0.915. The van der Waals surface area contributed by atoms with Gasteiger partial charge in [0.15, 0.2) is 0 Å². The van der Waals surface area contributed by atoms with Gasteiger partial charge >= 0.3 is 0 Å². The Balaban J connectivity index is 2.04. The third-order valence-corrected chi connectivity index (χ3v) is 4.08. The van der Waals surface area contributed by atoms with E-state index in [1.165, 1.54) is 11.6 Å². The molecule has 1 heterocycles. The van der Waals surface area contributed by atoms with Crippen molar-refractivity contribution < 1.29 is 9.18 Å². The molecule has 5 heteroatoms. The minimum atomic E-state index is -0.519. The van der Waals surface area contributed by atoms with Crippen molar-refractivity contribution in [3.8, 4) is 0 Å². The number of halogens is 2. The quantitative estimate of drug-likeness (QED) is 0.894. The van der Waals surface area contributed by atoms with Crippen molar-refractivity contribution in [2.24, 2.45) is 0 Å². The highest BCUT2D eigenvalue weighted by molar-refractivity contribution is 9.10. The fraction of sp³-hybridized carbons (Fsp3) is 0.214. The highest BCUT2D eigenvalue weighted by atomic mass is 79.9. The average Bonchev–Trinajstić information content (AvgIpc) is 2.81. The maximum Gasteiger partial charge on any atom is 0.255 e. The van der Waals surface area contributed by atoms with E-state index in [0.29, 0.717) is 4.47 Å². The van der Waals surface area contributed by atoms with E-state index in [0.717, 1.165) is 6.42 Å². The van der Waals surface area contributed by atoms with E-state index in [9.17, 15) is 9.18 Å². The fourth-order valence-corrected chi connectivity index (χ4v) is 3.03. The maximum absolute atomic E-state index is 13.6. The number of hydrogen-bond acceptors (Lipinski definition) is 2. The molecule has 0 saturated carbocycles. The number of rotatable bonds is 4. The first-order valence-electron chi connectivity index (χ1n) is 5.84. The molecular formula is C14H13BrFNOS. The summed E-state index contributed by atoms with van der Waals surface area (Å²) in [5, 5.41) is 6.85. The van der Waals surface area contributed by atoms with Crippen LogP contribution in [0.25, 0.3) is 0 Å². The van der Waals surface area contributed by atoms with Crippen LogP contribution in [0.3, 0.4) is 0 Å². The summed E-state index contributed by atoms with van der Waals surface area (Å²) in [7, 11) is 0. The van der Waals surface area contributed by atoms with E-state index in [-0.39, 0.29) is 11.6 Å². The summed E-state index contributed by atoms with van der Waals surface area (Å²) in [4.78, 5) is 12.0. The Labute approximate surface area is 123 Å². The summed E-state index contributed by atoms with van der Waals surface area (Å²) in [6.07, 6.45) is 0.737. The van der Waals surface area contributed by atoms with Gasteiger partial charge < -0.3 is 5.32 Å². The molecule has 0 aliphatic heterocycles. The summed E-state index contributed by atoms with van der Waals surface area (Å²) in [5.41, 5.74) is 1.23. The Kier molecular flexibility index (Phi) is 4.71. The Morgan fingerprint density at radius 1 is 1.47 bits per heavy atom. The largest absolute Gasteiger partial charge is 0.349 e. The highest BCUT2D eigenvalue weighted by Gasteiger charge is 2.17. The van der Waals surface area contributed by atoms with Crippen molar-refractivity contribution in [1.29, 1.82) is 0 Å². The number of benzene rings is 1. The molecule has 1 N–H and O–H groups in total. The standard InChI is InChI=1S/C14H13BrFNOS/c1-9(7-10-5-6-19-8-10)17-14(18)13-11(15)3-2-4-12(13)16/h2-6,8-9H,7H2,1H3,(H,17,18). The van der Waals surface area contributed by atoms with E-state index in [2.05, 4.69) is 21.2 Å². The van der Waals surface area contributed by atoms with Gasteiger partial charge in [-0.25, -0.2) is 4.39 Å². The third kappa shape index (κ3) is 3.64. The number of nitrogens with one attached hydrogen (secondary N) is 1. The minimum Gasteiger partial charge on any atom is -0.349 e. The Morgan fingerprint density at radius 3 is 2.89 bits per heavy atom. The molecule has 0 saturated heterocycles. The molecule has 0 spiro atoms. The monoisotopic (exact) mass is 341 g/mol. The molecule has 0 fully saturated rings. The zero-order chi connectivity index (χ0) is 13.8. The fourth-order valence-electron chi connectivity index (χ4n) is 1.82. The zero-order valence-corrected chi connectivity index (χ0v) is 12.7. The van der Waals surface area contributed by atoms with Crippen molar-refractivity contribution in [1.82, 2.24) is 5.32 Å². The van der Waals surface area contributed by atoms with Crippen molar-refractivity contribution in [2.75, 3.05) is 0 Å². The van der Waals surface area contributed by atoms with Crippen LogP contribution in [0.2, 0.25) is 0 Å². The van der Waals surface area contributed by atoms with Gasteiger partial charge in [0.05, 0.1) is 5.56 Å². The first kappa shape index (κ1) is 14.2. The van der Waals surface area contributed by atoms with Crippen LogP contribution in [-0.2, 0) is 6.42 Å². The molecule has 0 radical (unpaired) electrons.